The van der Waals surface area contributed by atoms with Crippen LogP contribution in [0.2, 0.25) is 5.02 Å². The Hall–Kier alpha value is -1.10. The fourth-order valence-corrected chi connectivity index (χ4v) is 2.62. The van der Waals surface area contributed by atoms with E-state index in [0.29, 0.717) is 22.9 Å². The molecule has 0 spiro atoms. The summed E-state index contributed by atoms with van der Waals surface area (Å²) < 4.78 is 5.72. The van der Waals surface area contributed by atoms with E-state index in [1.54, 1.807) is 36.5 Å². The van der Waals surface area contributed by atoms with Crippen molar-refractivity contribution in [2.45, 2.75) is 33.0 Å². The number of ether oxygens (including phenoxy) is 1. The molecular formula is C14H16ClNO2S. The zero-order valence-corrected chi connectivity index (χ0v) is 12.5. The topological polar surface area (TPSA) is 42.4 Å². The summed E-state index contributed by atoms with van der Waals surface area (Å²) in [5, 5.41) is 13.4. The maximum absolute atomic E-state index is 9.72. The van der Waals surface area contributed by atoms with Gasteiger partial charge in [0.05, 0.1) is 16.8 Å². The Bertz CT molecular complexity index is 554. The van der Waals surface area contributed by atoms with E-state index in [4.69, 9.17) is 16.3 Å². The highest BCUT2D eigenvalue weighted by Crippen LogP contribution is 2.29. The minimum atomic E-state index is -0.615. The minimum absolute atomic E-state index is 0.401. The molecule has 0 amide bonds. The van der Waals surface area contributed by atoms with Crippen molar-refractivity contribution in [3.8, 4) is 5.75 Å². The van der Waals surface area contributed by atoms with Crippen molar-refractivity contribution < 1.29 is 9.84 Å². The number of nitrogens with zero attached hydrogens (tertiary/aromatic N) is 1. The SMILES string of the molecule is CCc1nc(COc2ccc(Cl)cc2[C@H](C)O)cs1. The lowest BCUT2D eigenvalue weighted by Gasteiger charge is -2.13. The second-order valence-electron chi connectivity index (χ2n) is 4.23. The number of thiazole rings is 1. The quantitative estimate of drug-likeness (QED) is 0.907. The Labute approximate surface area is 121 Å². The molecule has 0 radical (unpaired) electrons. The molecule has 0 aliphatic rings. The Morgan fingerprint density at radius 1 is 1.47 bits per heavy atom. The van der Waals surface area contributed by atoms with Gasteiger partial charge in [-0.2, -0.15) is 0 Å². The third-order valence-corrected chi connectivity index (χ3v) is 3.98. The summed E-state index contributed by atoms with van der Waals surface area (Å²) in [4.78, 5) is 4.44. The Kier molecular flexibility index (Phi) is 4.80. The molecular weight excluding hydrogens is 282 g/mol. The number of benzene rings is 1. The normalized spacial score (nSPS) is 12.4. The predicted molar refractivity (Wildman–Crippen MR) is 77.9 cm³/mol. The zero-order valence-electron chi connectivity index (χ0n) is 10.9. The molecule has 0 saturated carbocycles. The summed E-state index contributed by atoms with van der Waals surface area (Å²) in [5.41, 5.74) is 1.60. The smallest absolute Gasteiger partial charge is 0.131 e. The molecule has 1 heterocycles. The largest absolute Gasteiger partial charge is 0.487 e. The zero-order chi connectivity index (χ0) is 13.8. The van der Waals surface area contributed by atoms with Gasteiger partial charge in [0.1, 0.15) is 12.4 Å². The lowest BCUT2D eigenvalue weighted by Crippen LogP contribution is -2.01. The number of aliphatic hydroxyl groups excluding tert-OH is 1. The Morgan fingerprint density at radius 3 is 2.89 bits per heavy atom. The molecule has 5 heteroatoms. The molecule has 1 aromatic carbocycles. The molecule has 0 aliphatic carbocycles. The molecule has 2 rings (SSSR count). The Morgan fingerprint density at radius 2 is 2.26 bits per heavy atom. The summed E-state index contributed by atoms with van der Waals surface area (Å²) >= 11 is 7.56. The molecule has 1 N–H and O–H groups in total. The predicted octanol–water partition coefficient (Wildman–Crippen LogP) is 3.99. The van der Waals surface area contributed by atoms with Gasteiger partial charge in [0.15, 0.2) is 0 Å². The number of aliphatic hydroxyl groups is 1. The van der Waals surface area contributed by atoms with Crippen LogP contribution in [0.4, 0.5) is 0 Å². The van der Waals surface area contributed by atoms with E-state index in [1.165, 1.54) is 0 Å². The van der Waals surface area contributed by atoms with Gasteiger partial charge in [0, 0.05) is 16.0 Å². The van der Waals surface area contributed by atoms with Crippen LogP contribution in [-0.2, 0) is 13.0 Å². The van der Waals surface area contributed by atoms with E-state index in [-0.39, 0.29) is 0 Å². The van der Waals surface area contributed by atoms with E-state index in [2.05, 4.69) is 11.9 Å². The van der Waals surface area contributed by atoms with Gasteiger partial charge >= 0.3 is 0 Å². The second kappa shape index (κ2) is 6.37. The molecule has 0 fully saturated rings. The first-order valence-corrected chi connectivity index (χ1v) is 7.39. The molecule has 102 valence electrons. The highest BCUT2D eigenvalue weighted by Gasteiger charge is 2.11. The molecule has 1 atom stereocenters. The first kappa shape index (κ1) is 14.3. The second-order valence-corrected chi connectivity index (χ2v) is 5.61. The first-order valence-electron chi connectivity index (χ1n) is 6.13. The highest BCUT2D eigenvalue weighted by molar-refractivity contribution is 7.09. The van der Waals surface area contributed by atoms with E-state index < -0.39 is 6.10 Å². The van der Waals surface area contributed by atoms with E-state index in [1.807, 2.05) is 5.38 Å². The molecule has 0 bridgehead atoms. The molecule has 2 aromatic rings. The van der Waals surface area contributed by atoms with Crippen molar-refractivity contribution in [2.75, 3.05) is 0 Å². The van der Waals surface area contributed by atoms with Gasteiger partial charge in [-0.05, 0) is 31.5 Å². The van der Waals surface area contributed by atoms with Crippen molar-refractivity contribution in [2.24, 2.45) is 0 Å². The van der Waals surface area contributed by atoms with Crippen LogP contribution < -0.4 is 4.74 Å². The third kappa shape index (κ3) is 3.69. The van der Waals surface area contributed by atoms with E-state index in [9.17, 15) is 5.11 Å². The minimum Gasteiger partial charge on any atom is -0.487 e. The van der Waals surface area contributed by atoms with Gasteiger partial charge in [0.25, 0.3) is 0 Å². The average molecular weight is 298 g/mol. The van der Waals surface area contributed by atoms with Crippen LogP contribution in [0, 0.1) is 0 Å². The summed E-state index contributed by atoms with van der Waals surface area (Å²) in [6, 6.07) is 5.25. The van der Waals surface area contributed by atoms with Gasteiger partial charge in [-0.1, -0.05) is 18.5 Å². The van der Waals surface area contributed by atoms with Gasteiger partial charge in [0.2, 0.25) is 0 Å². The molecule has 19 heavy (non-hydrogen) atoms. The number of rotatable bonds is 5. The van der Waals surface area contributed by atoms with Crippen molar-refractivity contribution in [1.29, 1.82) is 0 Å². The van der Waals surface area contributed by atoms with Crippen LogP contribution in [0.15, 0.2) is 23.6 Å². The van der Waals surface area contributed by atoms with Crippen LogP contribution in [0.3, 0.4) is 0 Å². The van der Waals surface area contributed by atoms with Gasteiger partial charge in [-0.15, -0.1) is 11.3 Å². The summed E-state index contributed by atoms with van der Waals surface area (Å²) in [5.74, 6) is 0.644. The summed E-state index contributed by atoms with van der Waals surface area (Å²) in [6.45, 7) is 4.17. The van der Waals surface area contributed by atoms with E-state index in [0.717, 1.165) is 17.1 Å². The van der Waals surface area contributed by atoms with Crippen molar-refractivity contribution in [1.82, 2.24) is 4.98 Å². The maximum atomic E-state index is 9.72. The van der Waals surface area contributed by atoms with Crippen LogP contribution >= 0.6 is 22.9 Å². The lowest BCUT2D eigenvalue weighted by atomic mass is 10.1. The van der Waals surface area contributed by atoms with Gasteiger partial charge in [-0.25, -0.2) is 4.98 Å². The number of aromatic nitrogens is 1. The summed E-state index contributed by atoms with van der Waals surface area (Å²) in [6.07, 6.45) is 0.320. The number of hydrogen-bond acceptors (Lipinski definition) is 4. The fraction of sp³-hybridized carbons (Fsp3) is 0.357. The van der Waals surface area contributed by atoms with Crippen molar-refractivity contribution in [3.05, 3.63) is 44.9 Å². The lowest BCUT2D eigenvalue weighted by molar-refractivity contribution is 0.190. The molecule has 0 saturated heterocycles. The number of hydrogen-bond donors (Lipinski definition) is 1. The molecule has 1 aromatic heterocycles. The first-order chi connectivity index (χ1) is 9.10. The number of aryl methyl sites for hydroxylation is 1. The fourth-order valence-electron chi connectivity index (χ4n) is 1.71. The maximum Gasteiger partial charge on any atom is 0.131 e. The highest BCUT2D eigenvalue weighted by atomic mass is 35.5. The van der Waals surface area contributed by atoms with Crippen LogP contribution in [-0.4, -0.2) is 10.1 Å². The van der Waals surface area contributed by atoms with Crippen LogP contribution in [0.1, 0.15) is 36.2 Å². The van der Waals surface area contributed by atoms with Crippen molar-refractivity contribution >= 4 is 22.9 Å². The van der Waals surface area contributed by atoms with Gasteiger partial charge in [-0.3, -0.25) is 0 Å². The third-order valence-electron chi connectivity index (χ3n) is 2.70. The molecule has 0 unspecified atom stereocenters. The number of halogens is 1. The Balaban J connectivity index is 2.10. The van der Waals surface area contributed by atoms with Gasteiger partial charge < -0.3 is 9.84 Å². The van der Waals surface area contributed by atoms with Crippen LogP contribution in [0.5, 0.6) is 5.75 Å². The van der Waals surface area contributed by atoms with E-state index >= 15 is 0 Å². The standard InChI is InChI=1S/C14H16ClNO2S/c1-3-14-16-11(8-19-14)7-18-13-5-4-10(15)6-12(13)9(2)17/h4-6,8-9,17H,3,7H2,1-2H3/t9-/m0/s1. The molecule has 0 aliphatic heterocycles. The van der Waals surface area contributed by atoms with Crippen LogP contribution in [0.25, 0.3) is 0 Å². The monoisotopic (exact) mass is 297 g/mol. The summed E-state index contributed by atoms with van der Waals surface area (Å²) in [7, 11) is 0. The average Bonchev–Trinajstić information content (AvgIpc) is 2.85. The molecule has 3 nitrogen and oxygen atoms in total. The van der Waals surface area contributed by atoms with Crippen molar-refractivity contribution in [3.63, 3.8) is 0 Å².